The van der Waals surface area contributed by atoms with Crippen LogP contribution in [0.5, 0.6) is 0 Å². The van der Waals surface area contributed by atoms with Crippen molar-refractivity contribution in [2.45, 2.75) is 12.8 Å². The van der Waals surface area contributed by atoms with E-state index >= 15 is 0 Å². The van der Waals surface area contributed by atoms with E-state index in [1.54, 1.807) is 35.2 Å². The van der Waals surface area contributed by atoms with E-state index in [1.807, 2.05) is 6.07 Å². The first-order chi connectivity index (χ1) is 13.1. The molecule has 1 aliphatic heterocycles. The molecule has 0 saturated carbocycles. The number of nitrogens with zero attached hydrogens (tertiary/aromatic N) is 2. The molecule has 27 heavy (non-hydrogen) atoms. The number of anilines is 2. The van der Waals surface area contributed by atoms with E-state index in [0.29, 0.717) is 37.3 Å². The van der Waals surface area contributed by atoms with Gasteiger partial charge in [0.15, 0.2) is 0 Å². The highest BCUT2D eigenvalue weighted by molar-refractivity contribution is 6.05. The molecule has 0 atom stereocenters. The van der Waals surface area contributed by atoms with Crippen LogP contribution in [0.15, 0.2) is 48.5 Å². The number of nitrogens with one attached hydrogen (secondary N) is 2. The number of benzene rings is 2. The maximum atomic E-state index is 12.5. The molecule has 2 N–H and O–H groups in total. The normalized spacial score (nSPS) is 13.5. The summed E-state index contributed by atoms with van der Waals surface area (Å²) in [5.41, 5.74) is 1.88. The molecular weight excluding hydrogens is 348 g/mol. The lowest BCUT2D eigenvalue weighted by atomic mass is 10.1. The lowest BCUT2D eigenvalue weighted by Gasteiger charge is -2.19. The number of para-hydroxylation sites is 1. The van der Waals surface area contributed by atoms with Crippen LogP contribution < -0.4 is 15.5 Å². The Morgan fingerprint density at radius 2 is 1.85 bits per heavy atom. The Kier molecular flexibility index (Phi) is 5.65. The van der Waals surface area contributed by atoms with Crippen molar-refractivity contribution >= 4 is 28.9 Å². The van der Waals surface area contributed by atoms with Crippen molar-refractivity contribution in [1.82, 2.24) is 5.32 Å². The van der Waals surface area contributed by atoms with Gasteiger partial charge in [-0.05, 0) is 30.7 Å². The molecule has 2 amide bonds. The quantitative estimate of drug-likeness (QED) is 0.444. The van der Waals surface area contributed by atoms with Crippen LogP contribution in [-0.4, -0.2) is 36.4 Å². The molecule has 2 aromatic carbocycles. The summed E-state index contributed by atoms with van der Waals surface area (Å²) in [5, 5.41) is 16.6. The summed E-state index contributed by atoms with van der Waals surface area (Å²) in [6.45, 7) is 1.47. The van der Waals surface area contributed by atoms with E-state index in [0.717, 1.165) is 12.1 Å². The zero-order valence-electron chi connectivity index (χ0n) is 14.7. The van der Waals surface area contributed by atoms with E-state index in [4.69, 9.17) is 0 Å². The first-order valence-electron chi connectivity index (χ1n) is 8.72. The Labute approximate surface area is 156 Å². The predicted octanol–water partition coefficient (Wildman–Crippen LogP) is 2.56. The largest absolute Gasteiger partial charge is 0.383 e. The fourth-order valence-electron chi connectivity index (χ4n) is 2.98. The van der Waals surface area contributed by atoms with Gasteiger partial charge in [0, 0.05) is 43.9 Å². The minimum absolute atomic E-state index is 0.0296. The lowest BCUT2D eigenvalue weighted by molar-refractivity contribution is -0.384. The van der Waals surface area contributed by atoms with Gasteiger partial charge in [0.05, 0.1) is 16.2 Å². The molecule has 1 saturated heterocycles. The minimum atomic E-state index is -0.452. The van der Waals surface area contributed by atoms with E-state index in [2.05, 4.69) is 10.6 Å². The molecule has 0 unspecified atom stereocenters. The average molecular weight is 368 g/mol. The Hall–Kier alpha value is -3.42. The number of nitro groups is 1. The third-order valence-corrected chi connectivity index (χ3v) is 4.33. The number of carbonyl (C=O) groups is 2. The lowest BCUT2D eigenvalue weighted by Crippen LogP contribution is -2.32. The van der Waals surface area contributed by atoms with Gasteiger partial charge in [-0.15, -0.1) is 0 Å². The SMILES string of the molecule is O=C(NCCNc1ccc([N+](=O)[O-])cc1)c1ccccc1N1CCCC1=O. The zero-order chi connectivity index (χ0) is 19.2. The van der Waals surface area contributed by atoms with Crippen LogP contribution in [0.2, 0.25) is 0 Å². The molecular formula is C19H20N4O4. The van der Waals surface area contributed by atoms with Crippen molar-refractivity contribution < 1.29 is 14.5 Å². The van der Waals surface area contributed by atoms with Gasteiger partial charge in [-0.2, -0.15) is 0 Å². The van der Waals surface area contributed by atoms with Gasteiger partial charge in [0.25, 0.3) is 11.6 Å². The third kappa shape index (κ3) is 4.41. The standard InChI is InChI=1S/C19H20N4O4/c24-18-6-3-13-22(18)17-5-2-1-4-16(17)19(25)21-12-11-20-14-7-9-15(10-8-14)23(26)27/h1-2,4-5,7-10,20H,3,6,11-13H2,(H,21,25). The minimum Gasteiger partial charge on any atom is -0.383 e. The summed E-state index contributed by atoms with van der Waals surface area (Å²) < 4.78 is 0. The molecule has 8 nitrogen and oxygen atoms in total. The summed E-state index contributed by atoms with van der Waals surface area (Å²) in [4.78, 5) is 36.3. The van der Waals surface area contributed by atoms with Crippen LogP contribution in [0.1, 0.15) is 23.2 Å². The van der Waals surface area contributed by atoms with Crippen molar-refractivity contribution in [3.8, 4) is 0 Å². The van der Waals surface area contributed by atoms with Crippen LogP contribution in [0.4, 0.5) is 17.1 Å². The summed E-state index contributed by atoms with van der Waals surface area (Å²) in [5.74, 6) is -0.203. The fourth-order valence-corrected chi connectivity index (χ4v) is 2.98. The number of hydrogen-bond donors (Lipinski definition) is 2. The van der Waals surface area contributed by atoms with Gasteiger partial charge in [-0.3, -0.25) is 19.7 Å². The second kappa shape index (κ2) is 8.31. The molecule has 0 spiro atoms. The van der Waals surface area contributed by atoms with Crippen LogP contribution in [0.25, 0.3) is 0 Å². The topological polar surface area (TPSA) is 105 Å². The van der Waals surface area contributed by atoms with Crippen LogP contribution in [-0.2, 0) is 4.79 Å². The van der Waals surface area contributed by atoms with Gasteiger partial charge < -0.3 is 15.5 Å². The molecule has 1 fully saturated rings. The third-order valence-electron chi connectivity index (χ3n) is 4.33. The van der Waals surface area contributed by atoms with Crippen molar-refractivity contribution in [2.24, 2.45) is 0 Å². The zero-order valence-corrected chi connectivity index (χ0v) is 14.7. The van der Waals surface area contributed by atoms with E-state index in [1.165, 1.54) is 12.1 Å². The number of carbonyl (C=O) groups excluding carboxylic acids is 2. The summed E-state index contributed by atoms with van der Waals surface area (Å²) >= 11 is 0. The molecule has 0 bridgehead atoms. The number of nitro benzene ring substituents is 1. The summed E-state index contributed by atoms with van der Waals surface area (Å²) in [6.07, 6.45) is 1.31. The van der Waals surface area contributed by atoms with Crippen molar-refractivity contribution in [1.29, 1.82) is 0 Å². The van der Waals surface area contributed by atoms with Gasteiger partial charge in [0.2, 0.25) is 5.91 Å². The molecule has 0 aliphatic carbocycles. The molecule has 2 aromatic rings. The first kappa shape index (κ1) is 18.4. The molecule has 0 radical (unpaired) electrons. The average Bonchev–Trinajstić information content (AvgIpc) is 3.11. The highest BCUT2D eigenvalue weighted by Crippen LogP contribution is 2.25. The van der Waals surface area contributed by atoms with Gasteiger partial charge in [-0.25, -0.2) is 0 Å². The van der Waals surface area contributed by atoms with Gasteiger partial charge in [-0.1, -0.05) is 12.1 Å². The van der Waals surface area contributed by atoms with Crippen molar-refractivity contribution in [2.75, 3.05) is 29.9 Å². The first-order valence-corrected chi connectivity index (χ1v) is 8.72. The van der Waals surface area contributed by atoms with Crippen molar-refractivity contribution in [3.63, 3.8) is 0 Å². The Morgan fingerprint density at radius 1 is 1.11 bits per heavy atom. The highest BCUT2D eigenvalue weighted by atomic mass is 16.6. The predicted molar refractivity (Wildman–Crippen MR) is 102 cm³/mol. The number of amides is 2. The van der Waals surface area contributed by atoms with Gasteiger partial charge >= 0.3 is 0 Å². The molecule has 1 aliphatic rings. The molecule has 8 heteroatoms. The monoisotopic (exact) mass is 368 g/mol. The number of hydrogen-bond acceptors (Lipinski definition) is 5. The van der Waals surface area contributed by atoms with E-state index in [-0.39, 0.29) is 17.5 Å². The Morgan fingerprint density at radius 3 is 2.52 bits per heavy atom. The second-order valence-electron chi connectivity index (χ2n) is 6.15. The van der Waals surface area contributed by atoms with Gasteiger partial charge in [0.1, 0.15) is 0 Å². The molecule has 140 valence electrons. The fraction of sp³-hybridized carbons (Fsp3) is 0.263. The molecule has 0 aromatic heterocycles. The number of rotatable bonds is 7. The Bertz CT molecular complexity index is 851. The molecule has 1 heterocycles. The maximum absolute atomic E-state index is 12.5. The second-order valence-corrected chi connectivity index (χ2v) is 6.15. The van der Waals surface area contributed by atoms with Crippen LogP contribution in [0, 0.1) is 10.1 Å². The number of non-ortho nitro benzene ring substituents is 1. The van der Waals surface area contributed by atoms with Crippen molar-refractivity contribution in [3.05, 3.63) is 64.2 Å². The highest BCUT2D eigenvalue weighted by Gasteiger charge is 2.25. The summed E-state index contributed by atoms with van der Waals surface area (Å²) in [7, 11) is 0. The molecule has 3 rings (SSSR count). The van der Waals surface area contributed by atoms with E-state index < -0.39 is 4.92 Å². The maximum Gasteiger partial charge on any atom is 0.269 e. The van der Waals surface area contributed by atoms with Crippen LogP contribution in [0.3, 0.4) is 0 Å². The smallest absolute Gasteiger partial charge is 0.269 e. The summed E-state index contributed by atoms with van der Waals surface area (Å²) in [6, 6.07) is 13.2. The van der Waals surface area contributed by atoms with E-state index in [9.17, 15) is 19.7 Å². The Balaban J connectivity index is 1.54. The van der Waals surface area contributed by atoms with Crippen LogP contribution >= 0.6 is 0 Å².